The van der Waals surface area contributed by atoms with Gasteiger partial charge in [0.1, 0.15) is 0 Å². The molecule has 0 radical (unpaired) electrons. The van der Waals surface area contributed by atoms with Gasteiger partial charge in [-0.2, -0.15) is 0 Å². The molecular weight excluding hydrogens is 290 g/mol. The molecule has 22 heavy (non-hydrogen) atoms. The van der Waals surface area contributed by atoms with E-state index in [9.17, 15) is 13.6 Å². The van der Waals surface area contributed by atoms with E-state index in [4.69, 9.17) is 9.47 Å². The summed E-state index contributed by atoms with van der Waals surface area (Å²) in [6, 6.07) is 8.51. The Morgan fingerprint density at radius 1 is 0.864 bits per heavy atom. The highest BCUT2D eigenvalue weighted by molar-refractivity contribution is 5.67. The number of benzene rings is 2. The lowest BCUT2D eigenvalue weighted by Gasteiger charge is -2.08. The van der Waals surface area contributed by atoms with E-state index >= 15 is 0 Å². The highest BCUT2D eigenvalue weighted by Gasteiger charge is 2.14. The van der Waals surface area contributed by atoms with Crippen molar-refractivity contribution in [1.82, 2.24) is 0 Å². The molecule has 5 heteroatoms. The number of halogens is 2. The summed E-state index contributed by atoms with van der Waals surface area (Å²) in [5, 5.41) is 0. The Hall–Kier alpha value is -2.43. The molecule has 2 rings (SSSR count). The molecule has 0 aliphatic rings. The topological polar surface area (TPSA) is 35.5 Å². The lowest BCUT2D eigenvalue weighted by molar-refractivity contribution is 0.148. The number of aryl methyl sites for hydroxylation is 2. The maximum atomic E-state index is 13.7. The van der Waals surface area contributed by atoms with Gasteiger partial charge in [-0.1, -0.05) is 26.0 Å². The van der Waals surface area contributed by atoms with E-state index in [1.807, 2.05) is 13.8 Å². The summed E-state index contributed by atoms with van der Waals surface area (Å²) in [5.74, 6) is -1.85. The summed E-state index contributed by atoms with van der Waals surface area (Å²) in [6.07, 6.45) is 0.138. The van der Waals surface area contributed by atoms with Crippen LogP contribution in [0, 0.1) is 11.6 Å². The van der Waals surface area contributed by atoms with Gasteiger partial charge in [0.15, 0.2) is 23.1 Å². The fourth-order valence-electron chi connectivity index (χ4n) is 1.89. The SMILES string of the molecule is CCc1ccc(OC(=O)Oc2ccc(CC)cc2F)c(F)c1. The Kier molecular flexibility index (Phi) is 5.09. The second-order valence-electron chi connectivity index (χ2n) is 4.69. The molecule has 0 aliphatic carbocycles. The molecule has 3 nitrogen and oxygen atoms in total. The first-order valence-corrected chi connectivity index (χ1v) is 7.00. The fraction of sp³-hybridized carbons (Fsp3) is 0.235. The Morgan fingerprint density at radius 3 is 1.59 bits per heavy atom. The largest absolute Gasteiger partial charge is 0.519 e. The van der Waals surface area contributed by atoms with Crippen molar-refractivity contribution in [3.8, 4) is 11.5 Å². The molecule has 0 fully saturated rings. The molecule has 116 valence electrons. The minimum atomic E-state index is -1.19. The smallest absolute Gasteiger partial charge is 0.392 e. The third kappa shape index (κ3) is 3.81. The first-order valence-electron chi connectivity index (χ1n) is 7.00. The van der Waals surface area contributed by atoms with Crippen molar-refractivity contribution < 1.29 is 23.0 Å². The molecular formula is C17H16F2O3. The maximum Gasteiger partial charge on any atom is 0.519 e. The minimum absolute atomic E-state index is 0.257. The van der Waals surface area contributed by atoms with Crippen LogP contribution < -0.4 is 9.47 Å². The van der Waals surface area contributed by atoms with Gasteiger partial charge in [-0.05, 0) is 48.2 Å². The van der Waals surface area contributed by atoms with Crippen LogP contribution in [0.25, 0.3) is 0 Å². The standard InChI is InChI=1S/C17H16F2O3/c1-3-11-5-7-15(13(18)9-11)21-17(20)22-16-8-6-12(4-2)10-14(16)19/h5-10H,3-4H2,1-2H3. The molecule has 0 saturated carbocycles. The van der Waals surface area contributed by atoms with Crippen LogP contribution in [0.2, 0.25) is 0 Å². The van der Waals surface area contributed by atoms with Crippen LogP contribution in [-0.2, 0) is 12.8 Å². The summed E-state index contributed by atoms with van der Waals surface area (Å²) in [4.78, 5) is 11.6. The molecule has 2 aromatic carbocycles. The van der Waals surface area contributed by atoms with Crippen LogP contribution in [0.1, 0.15) is 25.0 Å². The van der Waals surface area contributed by atoms with Crippen LogP contribution in [0.4, 0.5) is 13.6 Å². The average molecular weight is 306 g/mol. The van der Waals surface area contributed by atoms with Gasteiger partial charge in [-0.15, -0.1) is 0 Å². The van der Waals surface area contributed by atoms with E-state index < -0.39 is 17.8 Å². The first-order chi connectivity index (χ1) is 10.5. The molecule has 0 atom stereocenters. The van der Waals surface area contributed by atoms with Gasteiger partial charge >= 0.3 is 6.16 Å². The van der Waals surface area contributed by atoms with Gasteiger partial charge in [-0.25, -0.2) is 13.6 Å². The van der Waals surface area contributed by atoms with Crippen LogP contribution in [0.5, 0.6) is 11.5 Å². The first kappa shape index (κ1) is 15.9. The van der Waals surface area contributed by atoms with Crippen LogP contribution in [0.15, 0.2) is 36.4 Å². The zero-order valence-electron chi connectivity index (χ0n) is 12.4. The van der Waals surface area contributed by atoms with Gasteiger partial charge in [0.05, 0.1) is 0 Å². The summed E-state index contributed by atoms with van der Waals surface area (Å²) in [6.45, 7) is 3.76. The monoisotopic (exact) mass is 306 g/mol. The van der Waals surface area contributed by atoms with Crippen molar-refractivity contribution >= 4 is 6.16 Å². The summed E-state index contributed by atoms with van der Waals surface area (Å²) in [7, 11) is 0. The number of carbonyl (C=O) groups excluding carboxylic acids is 1. The Balaban J connectivity index is 2.07. The van der Waals surface area contributed by atoms with Gasteiger partial charge in [0, 0.05) is 0 Å². The molecule has 0 bridgehead atoms. The number of hydrogen-bond donors (Lipinski definition) is 0. The molecule has 0 amide bonds. The highest BCUT2D eigenvalue weighted by atomic mass is 19.1. The minimum Gasteiger partial charge on any atom is -0.392 e. The van der Waals surface area contributed by atoms with Crippen LogP contribution in [-0.4, -0.2) is 6.16 Å². The predicted molar refractivity (Wildman–Crippen MR) is 78.2 cm³/mol. The lowest BCUT2D eigenvalue weighted by Crippen LogP contribution is -2.15. The molecule has 0 aromatic heterocycles. The van der Waals surface area contributed by atoms with Crippen molar-refractivity contribution in [2.45, 2.75) is 26.7 Å². The summed E-state index contributed by atoms with van der Waals surface area (Å²) in [5.41, 5.74) is 1.55. The number of carbonyl (C=O) groups is 1. The molecule has 0 unspecified atom stereocenters. The van der Waals surface area contributed by atoms with Gasteiger partial charge < -0.3 is 9.47 Å². The van der Waals surface area contributed by atoms with Crippen molar-refractivity contribution in [3.05, 3.63) is 59.2 Å². The second-order valence-corrected chi connectivity index (χ2v) is 4.69. The summed E-state index contributed by atoms with van der Waals surface area (Å²) >= 11 is 0. The zero-order chi connectivity index (χ0) is 16.1. The van der Waals surface area contributed by atoms with Crippen molar-refractivity contribution in [2.75, 3.05) is 0 Å². The third-order valence-electron chi connectivity index (χ3n) is 3.20. The Morgan fingerprint density at radius 2 is 1.27 bits per heavy atom. The molecule has 0 aliphatic heterocycles. The molecule has 0 spiro atoms. The molecule has 0 heterocycles. The van der Waals surface area contributed by atoms with Crippen molar-refractivity contribution in [1.29, 1.82) is 0 Å². The third-order valence-corrected chi connectivity index (χ3v) is 3.20. The lowest BCUT2D eigenvalue weighted by atomic mass is 10.1. The van der Waals surface area contributed by atoms with E-state index in [0.29, 0.717) is 12.8 Å². The van der Waals surface area contributed by atoms with Gasteiger partial charge in [-0.3, -0.25) is 0 Å². The number of rotatable bonds is 4. The molecule has 0 N–H and O–H groups in total. The second kappa shape index (κ2) is 7.02. The van der Waals surface area contributed by atoms with Crippen LogP contribution in [0.3, 0.4) is 0 Å². The van der Waals surface area contributed by atoms with E-state index in [2.05, 4.69) is 0 Å². The maximum absolute atomic E-state index is 13.7. The van der Waals surface area contributed by atoms with E-state index in [0.717, 1.165) is 11.1 Å². The average Bonchev–Trinajstić information content (AvgIpc) is 2.51. The normalized spacial score (nSPS) is 10.4. The van der Waals surface area contributed by atoms with E-state index in [1.54, 1.807) is 12.1 Å². The van der Waals surface area contributed by atoms with Crippen molar-refractivity contribution in [2.24, 2.45) is 0 Å². The molecule has 0 saturated heterocycles. The highest BCUT2D eigenvalue weighted by Crippen LogP contribution is 2.22. The van der Waals surface area contributed by atoms with Crippen LogP contribution >= 0.6 is 0 Å². The predicted octanol–water partition coefficient (Wildman–Crippen LogP) is 4.67. The molecule has 2 aromatic rings. The quantitative estimate of drug-likeness (QED) is 0.608. The van der Waals surface area contributed by atoms with Gasteiger partial charge in [0.25, 0.3) is 0 Å². The fourth-order valence-corrected chi connectivity index (χ4v) is 1.89. The number of ether oxygens (including phenoxy) is 2. The van der Waals surface area contributed by atoms with E-state index in [1.165, 1.54) is 24.3 Å². The summed E-state index contributed by atoms with van der Waals surface area (Å²) < 4.78 is 36.9. The van der Waals surface area contributed by atoms with Crippen molar-refractivity contribution in [3.63, 3.8) is 0 Å². The Bertz CT molecular complexity index is 626. The van der Waals surface area contributed by atoms with Gasteiger partial charge in [0.2, 0.25) is 0 Å². The zero-order valence-corrected chi connectivity index (χ0v) is 12.4. The number of hydrogen-bond acceptors (Lipinski definition) is 3. The Labute approximate surface area is 127 Å². The van der Waals surface area contributed by atoms with E-state index in [-0.39, 0.29) is 11.5 Å².